The minimum atomic E-state index is -0.522. The third-order valence-corrected chi connectivity index (χ3v) is 8.02. The molecule has 9 heteroatoms. The second-order valence-corrected chi connectivity index (χ2v) is 10.7. The van der Waals surface area contributed by atoms with E-state index in [1.54, 1.807) is 25.1 Å². The molecule has 7 nitrogen and oxygen atoms in total. The van der Waals surface area contributed by atoms with Crippen molar-refractivity contribution in [1.82, 2.24) is 9.80 Å². The van der Waals surface area contributed by atoms with E-state index >= 15 is 0 Å². The van der Waals surface area contributed by atoms with E-state index in [-0.39, 0.29) is 46.1 Å². The summed E-state index contributed by atoms with van der Waals surface area (Å²) in [6.45, 7) is 6.75. The number of benzene rings is 2. The van der Waals surface area contributed by atoms with Crippen molar-refractivity contribution in [1.29, 1.82) is 0 Å². The lowest BCUT2D eigenvalue weighted by atomic mass is 9.96. The molecular formula is C29H36Cl2N2O5. The minimum Gasteiger partial charge on any atom is -0.507 e. The predicted octanol–water partition coefficient (Wildman–Crippen LogP) is 5.84. The highest BCUT2D eigenvalue weighted by atomic mass is 35.5. The van der Waals surface area contributed by atoms with Crippen molar-refractivity contribution in [3.8, 4) is 11.5 Å². The molecule has 2 fully saturated rings. The van der Waals surface area contributed by atoms with Gasteiger partial charge in [-0.3, -0.25) is 14.6 Å². The van der Waals surface area contributed by atoms with Crippen LogP contribution in [0.5, 0.6) is 11.5 Å². The fourth-order valence-electron chi connectivity index (χ4n) is 5.16. The molecule has 0 unspecified atom stereocenters. The number of halogens is 2. The fourth-order valence-corrected chi connectivity index (χ4v) is 5.62. The number of phenolic OH excluding ortho intramolecular Hbond substituents is 1. The molecule has 38 heavy (non-hydrogen) atoms. The lowest BCUT2D eigenvalue weighted by molar-refractivity contribution is -0.145. The molecule has 0 amide bonds. The molecule has 2 saturated heterocycles. The van der Waals surface area contributed by atoms with Gasteiger partial charge in [0.05, 0.1) is 11.6 Å². The van der Waals surface area contributed by atoms with Crippen LogP contribution in [0, 0.1) is 0 Å². The molecule has 0 bridgehead atoms. The molecule has 0 aliphatic carbocycles. The van der Waals surface area contributed by atoms with Gasteiger partial charge in [0.15, 0.2) is 12.4 Å². The molecule has 0 aromatic heterocycles. The van der Waals surface area contributed by atoms with Gasteiger partial charge in [-0.25, -0.2) is 4.79 Å². The number of hydrogen-bond donors (Lipinski definition) is 1. The number of esters is 1. The zero-order chi connectivity index (χ0) is 27.1. The molecule has 0 saturated carbocycles. The van der Waals surface area contributed by atoms with Crippen LogP contribution in [0.1, 0.15) is 72.5 Å². The number of hydrogen-bond acceptors (Lipinski definition) is 7. The molecule has 206 valence electrons. The van der Waals surface area contributed by atoms with Gasteiger partial charge >= 0.3 is 5.97 Å². The summed E-state index contributed by atoms with van der Waals surface area (Å²) in [5.74, 6) is -0.340. The van der Waals surface area contributed by atoms with E-state index < -0.39 is 5.97 Å². The van der Waals surface area contributed by atoms with E-state index in [4.69, 9.17) is 32.7 Å². The Hall–Kier alpha value is -2.32. The number of ketones is 1. The Kier molecular flexibility index (Phi) is 10.3. The maximum absolute atomic E-state index is 13.7. The maximum atomic E-state index is 13.7. The number of nitrogens with zero attached hydrogens (tertiary/aromatic N) is 2. The van der Waals surface area contributed by atoms with Crippen molar-refractivity contribution in [2.45, 2.75) is 58.5 Å². The highest BCUT2D eigenvalue weighted by Crippen LogP contribution is 2.37. The van der Waals surface area contributed by atoms with Gasteiger partial charge in [-0.2, -0.15) is 0 Å². The zero-order valence-electron chi connectivity index (χ0n) is 21.9. The van der Waals surface area contributed by atoms with Crippen LogP contribution < -0.4 is 4.74 Å². The summed E-state index contributed by atoms with van der Waals surface area (Å²) in [5, 5.41) is 11.4. The predicted molar refractivity (Wildman–Crippen MR) is 148 cm³/mol. The SMILES string of the molecule is CCOC(=O)COc1ccc(C(=O)c2cc(CN3CCCCC3)c(O)c(CN3CCCCC3)c2)c(Cl)c1Cl. The molecule has 1 N–H and O–H groups in total. The second-order valence-electron chi connectivity index (χ2n) is 9.98. The molecule has 2 aromatic rings. The second kappa shape index (κ2) is 13.7. The number of likely N-dealkylation sites (tertiary alicyclic amines) is 2. The number of carbonyl (C=O) groups excluding carboxylic acids is 2. The molecule has 0 atom stereocenters. The van der Waals surface area contributed by atoms with E-state index in [9.17, 15) is 14.7 Å². The number of phenols is 1. The van der Waals surface area contributed by atoms with Crippen LogP contribution in [0.25, 0.3) is 0 Å². The number of rotatable bonds is 10. The Morgan fingerprint density at radius 1 is 0.868 bits per heavy atom. The Bertz CT molecular complexity index is 1100. The van der Waals surface area contributed by atoms with Gasteiger partial charge in [-0.1, -0.05) is 36.0 Å². The first-order valence-electron chi connectivity index (χ1n) is 13.5. The van der Waals surface area contributed by atoms with Crippen molar-refractivity contribution in [3.05, 3.63) is 56.6 Å². The monoisotopic (exact) mass is 562 g/mol. The Balaban J connectivity index is 1.62. The molecule has 2 aliphatic rings. The lowest BCUT2D eigenvalue weighted by Crippen LogP contribution is -2.30. The first kappa shape index (κ1) is 28.7. The van der Waals surface area contributed by atoms with E-state index in [0.29, 0.717) is 18.7 Å². The van der Waals surface area contributed by atoms with Crippen LogP contribution >= 0.6 is 23.2 Å². The normalized spacial score (nSPS) is 16.8. The van der Waals surface area contributed by atoms with Crippen molar-refractivity contribution >= 4 is 35.0 Å². The zero-order valence-corrected chi connectivity index (χ0v) is 23.5. The smallest absolute Gasteiger partial charge is 0.344 e. The number of piperidine rings is 2. The van der Waals surface area contributed by atoms with Crippen LogP contribution in [0.2, 0.25) is 10.0 Å². The molecular weight excluding hydrogens is 527 g/mol. The average Bonchev–Trinajstić information content (AvgIpc) is 2.92. The van der Waals surface area contributed by atoms with E-state index in [0.717, 1.165) is 63.0 Å². The van der Waals surface area contributed by atoms with Crippen molar-refractivity contribution < 1.29 is 24.2 Å². The summed E-state index contributed by atoms with van der Waals surface area (Å²) in [6.07, 6.45) is 6.99. The van der Waals surface area contributed by atoms with Gasteiger partial charge < -0.3 is 14.6 Å². The Labute approximate surface area is 234 Å². The number of carbonyl (C=O) groups is 2. The van der Waals surface area contributed by atoms with E-state index in [1.807, 2.05) is 0 Å². The van der Waals surface area contributed by atoms with Gasteiger partial charge in [0, 0.05) is 35.3 Å². The minimum absolute atomic E-state index is 0.0567. The van der Waals surface area contributed by atoms with Gasteiger partial charge in [-0.05, 0) is 83.1 Å². The Morgan fingerprint density at radius 3 is 1.95 bits per heavy atom. The van der Waals surface area contributed by atoms with E-state index in [1.165, 1.54) is 18.9 Å². The largest absolute Gasteiger partial charge is 0.507 e. The molecule has 2 heterocycles. The quantitative estimate of drug-likeness (QED) is 0.287. The van der Waals surface area contributed by atoms with Crippen LogP contribution in [0.3, 0.4) is 0 Å². The van der Waals surface area contributed by atoms with Gasteiger partial charge in [-0.15, -0.1) is 0 Å². The van der Waals surface area contributed by atoms with Crippen LogP contribution in [0.15, 0.2) is 24.3 Å². The van der Waals surface area contributed by atoms with Gasteiger partial charge in [0.2, 0.25) is 0 Å². The van der Waals surface area contributed by atoms with Gasteiger partial charge in [0.1, 0.15) is 16.5 Å². The van der Waals surface area contributed by atoms with Crippen LogP contribution in [0.4, 0.5) is 0 Å². The van der Waals surface area contributed by atoms with Crippen molar-refractivity contribution in [3.63, 3.8) is 0 Å². The third kappa shape index (κ3) is 7.20. The molecule has 4 rings (SSSR count). The summed E-state index contributed by atoms with van der Waals surface area (Å²) in [4.78, 5) is 30.0. The van der Waals surface area contributed by atoms with E-state index in [2.05, 4.69) is 9.80 Å². The highest BCUT2D eigenvalue weighted by molar-refractivity contribution is 6.45. The topological polar surface area (TPSA) is 79.3 Å². The number of aromatic hydroxyl groups is 1. The molecule has 2 aliphatic heterocycles. The Morgan fingerprint density at radius 2 is 1.42 bits per heavy atom. The first-order valence-corrected chi connectivity index (χ1v) is 14.2. The summed E-state index contributed by atoms with van der Waals surface area (Å²) in [6, 6.07) is 6.64. The standard InChI is InChI=1S/C29H36Cl2N2O5/c1-2-37-25(34)19-38-24-10-9-23(26(30)27(24)31)29(36)20-15-21(17-32-11-5-3-6-12-32)28(35)22(16-20)18-33-13-7-4-8-14-33/h9-10,15-16,35H,2-8,11-14,17-19H2,1H3. The van der Waals surface area contributed by atoms with Gasteiger partial charge in [0.25, 0.3) is 0 Å². The molecule has 2 aromatic carbocycles. The summed E-state index contributed by atoms with van der Waals surface area (Å²) >= 11 is 12.9. The van der Waals surface area contributed by atoms with Crippen molar-refractivity contribution in [2.75, 3.05) is 39.4 Å². The molecule has 0 spiro atoms. The highest BCUT2D eigenvalue weighted by Gasteiger charge is 2.23. The number of ether oxygens (including phenoxy) is 2. The summed E-state index contributed by atoms with van der Waals surface area (Å²) < 4.78 is 10.3. The lowest BCUT2D eigenvalue weighted by Gasteiger charge is -2.29. The molecule has 0 radical (unpaired) electrons. The van der Waals surface area contributed by atoms with Crippen LogP contribution in [-0.2, 0) is 22.6 Å². The maximum Gasteiger partial charge on any atom is 0.344 e. The van der Waals surface area contributed by atoms with Crippen LogP contribution in [-0.4, -0.2) is 66.1 Å². The van der Waals surface area contributed by atoms with Crippen molar-refractivity contribution in [2.24, 2.45) is 0 Å². The third-order valence-electron chi connectivity index (χ3n) is 7.16. The average molecular weight is 564 g/mol. The fraction of sp³-hybridized carbons (Fsp3) is 0.517. The summed E-state index contributed by atoms with van der Waals surface area (Å²) in [7, 11) is 0. The summed E-state index contributed by atoms with van der Waals surface area (Å²) in [5.41, 5.74) is 2.20. The first-order chi connectivity index (χ1) is 18.4.